The van der Waals surface area contributed by atoms with Gasteiger partial charge in [0, 0.05) is 13.5 Å². The highest BCUT2D eigenvalue weighted by Gasteiger charge is 2.53. The van der Waals surface area contributed by atoms with Crippen LogP contribution in [0, 0.1) is 11.6 Å². The summed E-state index contributed by atoms with van der Waals surface area (Å²) in [7, 11) is 0. The van der Waals surface area contributed by atoms with Crippen molar-refractivity contribution in [2.45, 2.75) is 32.9 Å². The number of nitrogens with two attached hydrogens (primary N) is 1. The number of nitrogens with zero attached hydrogens (tertiary/aromatic N) is 2. The third kappa shape index (κ3) is 7.07. The fourth-order valence-electron chi connectivity index (χ4n) is 2.33. The number of hydrogen-bond donors (Lipinski definition) is 2. The lowest BCUT2D eigenvalue weighted by atomic mass is 9.94. The van der Waals surface area contributed by atoms with Crippen LogP contribution >= 0.6 is 0 Å². The minimum Gasteiger partial charge on any atom is -0.463 e. The van der Waals surface area contributed by atoms with Crippen LogP contribution in [0.25, 0.3) is 0 Å². The van der Waals surface area contributed by atoms with Crippen molar-refractivity contribution < 1.29 is 32.6 Å². The Morgan fingerprint density at radius 1 is 0.968 bits per heavy atom. The van der Waals surface area contributed by atoms with Crippen LogP contribution in [0.4, 0.5) is 8.78 Å². The number of esters is 2. The van der Waals surface area contributed by atoms with E-state index in [2.05, 4.69) is 15.3 Å². The van der Waals surface area contributed by atoms with E-state index < -0.39 is 29.2 Å². The monoisotopic (exact) mass is 438 g/mol. The van der Waals surface area contributed by atoms with Crippen LogP contribution in [0.3, 0.4) is 0 Å². The van der Waals surface area contributed by atoms with Crippen molar-refractivity contribution in [1.29, 1.82) is 0 Å². The van der Waals surface area contributed by atoms with E-state index in [9.17, 15) is 23.2 Å². The highest BCUT2D eigenvalue weighted by molar-refractivity contribution is 6.08. The fraction of sp³-hybridized carbons (Fsp3) is 0.350. The van der Waals surface area contributed by atoms with Crippen molar-refractivity contribution in [1.82, 2.24) is 15.3 Å². The first-order valence-electron chi connectivity index (χ1n) is 9.26. The molecule has 0 atom stereocenters. The van der Waals surface area contributed by atoms with Gasteiger partial charge in [0.15, 0.2) is 0 Å². The van der Waals surface area contributed by atoms with Crippen LogP contribution in [0.5, 0.6) is 0 Å². The molecule has 0 unspecified atom stereocenters. The first kappa shape index (κ1) is 25.6. The summed E-state index contributed by atoms with van der Waals surface area (Å²) >= 11 is 0. The first-order chi connectivity index (χ1) is 14.7. The van der Waals surface area contributed by atoms with Gasteiger partial charge in [-0.3, -0.25) is 14.8 Å². The zero-order valence-electron chi connectivity index (χ0n) is 17.4. The molecule has 3 N–H and O–H groups in total. The van der Waals surface area contributed by atoms with Gasteiger partial charge in [0.1, 0.15) is 11.6 Å². The molecule has 0 fully saturated rings. The highest BCUT2D eigenvalue weighted by Crippen LogP contribution is 2.24. The summed E-state index contributed by atoms with van der Waals surface area (Å²) in [4.78, 5) is 43.6. The van der Waals surface area contributed by atoms with Gasteiger partial charge < -0.3 is 20.5 Å². The second-order valence-electron chi connectivity index (χ2n) is 5.91. The van der Waals surface area contributed by atoms with Crippen LogP contribution in [-0.2, 0) is 35.9 Å². The largest absolute Gasteiger partial charge is 0.463 e. The van der Waals surface area contributed by atoms with Gasteiger partial charge in [-0.1, -0.05) is 0 Å². The normalized spacial score (nSPS) is 10.4. The van der Waals surface area contributed by atoms with E-state index >= 15 is 0 Å². The number of carbonyl (C=O) groups excluding carboxylic acids is 3. The molecule has 2 aromatic heterocycles. The van der Waals surface area contributed by atoms with E-state index in [1.54, 1.807) is 19.9 Å². The van der Waals surface area contributed by atoms with Crippen molar-refractivity contribution in [2.75, 3.05) is 13.2 Å². The molecular weight excluding hydrogens is 414 g/mol. The average Bonchev–Trinajstić information content (AvgIpc) is 2.74. The quantitative estimate of drug-likeness (QED) is 0.489. The molecule has 0 radical (unpaired) electrons. The molecule has 0 saturated heterocycles. The second kappa shape index (κ2) is 12.3. The Labute approximate surface area is 178 Å². The molecule has 0 aromatic carbocycles. The van der Waals surface area contributed by atoms with Gasteiger partial charge in [-0.15, -0.1) is 0 Å². The Balaban J connectivity index is 0.000000442. The number of rotatable bonds is 7. The van der Waals surface area contributed by atoms with Crippen LogP contribution in [0.15, 0.2) is 36.7 Å². The lowest BCUT2D eigenvalue weighted by molar-refractivity contribution is -0.169. The molecule has 2 aromatic rings. The molecular formula is C20H24F2N4O5. The molecule has 0 saturated carbocycles. The molecule has 1 amide bonds. The summed E-state index contributed by atoms with van der Waals surface area (Å²) in [5.41, 5.74) is 3.45. The number of carbonyl (C=O) groups is 3. The summed E-state index contributed by atoms with van der Waals surface area (Å²) < 4.78 is 34.9. The van der Waals surface area contributed by atoms with Crippen molar-refractivity contribution in [3.63, 3.8) is 0 Å². The third-order valence-electron chi connectivity index (χ3n) is 3.64. The lowest BCUT2D eigenvalue weighted by Crippen LogP contribution is -2.58. The van der Waals surface area contributed by atoms with Gasteiger partial charge in [0.2, 0.25) is 5.91 Å². The van der Waals surface area contributed by atoms with E-state index in [-0.39, 0.29) is 24.7 Å². The van der Waals surface area contributed by atoms with Crippen LogP contribution in [0.1, 0.15) is 32.2 Å². The molecule has 31 heavy (non-hydrogen) atoms. The summed E-state index contributed by atoms with van der Waals surface area (Å²) in [6.45, 7) is 4.51. The molecule has 0 aliphatic rings. The van der Waals surface area contributed by atoms with E-state index in [1.807, 2.05) is 0 Å². The standard InChI is InChI=1S/C14H17FN2O5.C6H7FN2/c1-4-21-12(19)14(17-9(3)18,13(20)22-5-2)11-7-6-10(15)8-16-11;7-5-1-2-6(3-8)9-4-5/h6-8H,4-5H2,1-3H3,(H,17,18);1-2,4H,3,8H2. The van der Waals surface area contributed by atoms with E-state index in [0.29, 0.717) is 12.2 Å². The summed E-state index contributed by atoms with van der Waals surface area (Å²) in [5.74, 6) is -3.77. The number of aromatic nitrogens is 2. The molecule has 168 valence electrons. The molecule has 0 aliphatic carbocycles. The maximum absolute atomic E-state index is 13.1. The van der Waals surface area contributed by atoms with Gasteiger partial charge >= 0.3 is 11.9 Å². The van der Waals surface area contributed by atoms with E-state index in [4.69, 9.17) is 15.2 Å². The molecule has 0 spiro atoms. The predicted octanol–water partition coefficient (Wildman–Crippen LogP) is 1.36. The molecule has 0 aliphatic heterocycles. The second-order valence-corrected chi connectivity index (χ2v) is 5.91. The number of ether oxygens (including phenoxy) is 2. The number of halogens is 2. The van der Waals surface area contributed by atoms with Gasteiger partial charge in [0.05, 0.1) is 37.0 Å². The predicted molar refractivity (Wildman–Crippen MR) is 105 cm³/mol. The summed E-state index contributed by atoms with van der Waals surface area (Å²) in [6.07, 6.45) is 1.98. The minimum atomic E-state index is -2.27. The first-order valence-corrected chi connectivity index (χ1v) is 9.26. The Hall–Kier alpha value is -3.47. The minimum absolute atomic E-state index is 0.0270. The molecule has 2 heterocycles. The highest BCUT2D eigenvalue weighted by atomic mass is 19.1. The van der Waals surface area contributed by atoms with Crippen molar-refractivity contribution >= 4 is 17.8 Å². The van der Waals surface area contributed by atoms with Crippen LogP contribution in [-0.4, -0.2) is 41.0 Å². The van der Waals surface area contributed by atoms with Gasteiger partial charge in [-0.05, 0) is 38.1 Å². The molecule has 2 rings (SSSR count). The number of nitrogens with one attached hydrogen (secondary N) is 1. The Bertz CT molecular complexity index is 858. The molecule has 0 bridgehead atoms. The van der Waals surface area contributed by atoms with E-state index in [0.717, 1.165) is 31.5 Å². The summed E-state index contributed by atoms with van der Waals surface area (Å²) in [6, 6.07) is 5.03. The number of amides is 1. The molecule has 11 heteroatoms. The van der Waals surface area contributed by atoms with Crippen LogP contribution < -0.4 is 11.1 Å². The van der Waals surface area contributed by atoms with Gasteiger partial charge in [-0.25, -0.2) is 18.4 Å². The number of pyridine rings is 2. The van der Waals surface area contributed by atoms with Crippen molar-refractivity contribution in [3.05, 3.63) is 59.7 Å². The zero-order valence-corrected chi connectivity index (χ0v) is 17.4. The van der Waals surface area contributed by atoms with Crippen molar-refractivity contribution in [3.8, 4) is 0 Å². The maximum atomic E-state index is 13.1. The van der Waals surface area contributed by atoms with Crippen molar-refractivity contribution in [2.24, 2.45) is 5.73 Å². The average molecular weight is 438 g/mol. The third-order valence-corrected chi connectivity index (χ3v) is 3.64. The Kier molecular flexibility index (Phi) is 10.1. The lowest BCUT2D eigenvalue weighted by Gasteiger charge is -2.28. The fourth-order valence-corrected chi connectivity index (χ4v) is 2.33. The SMILES string of the molecule is CCOC(=O)C(NC(C)=O)(C(=O)OCC)c1ccc(F)cn1.NCc1ccc(F)cn1. The Morgan fingerprint density at radius 3 is 1.84 bits per heavy atom. The van der Waals surface area contributed by atoms with Gasteiger partial charge in [-0.2, -0.15) is 0 Å². The summed E-state index contributed by atoms with van der Waals surface area (Å²) in [5, 5.41) is 2.23. The van der Waals surface area contributed by atoms with E-state index in [1.165, 1.54) is 6.07 Å². The smallest absolute Gasteiger partial charge is 0.350 e. The van der Waals surface area contributed by atoms with Crippen LogP contribution in [0.2, 0.25) is 0 Å². The van der Waals surface area contributed by atoms with Gasteiger partial charge in [0.25, 0.3) is 5.54 Å². The zero-order chi connectivity index (χ0) is 23.4. The maximum Gasteiger partial charge on any atom is 0.350 e. The Morgan fingerprint density at radius 2 is 1.48 bits per heavy atom. The number of hydrogen-bond acceptors (Lipinski definition) is 8. The topological polar surface area (TPSA) is 134 Å². The molecule has 9 nitrogen and oxygen atoms in total.